The number of nitrogen functional groups attached to an aromatic ring is 1. The molecule has 1 heterocycles. The smallest absolute Gasteiger partial charge is 0.218 e. The van der Waals surface area contributed by atoms with Gasteiger partial charge in [-0.3, -0.25) is 0 Å². The van der Waals surface area contributed by atoms with E-state index in [-0.39, 0.29) is 11.9 Å². The minimum atomic E-state index is -3.27. The van der Waals surface area contributed by atoms with Crippen LogP contribution in [0.2, 0.25) is 0 Å². The molecule has 1 aliphatic heterocycles. The Hall–Kier alpha value is -1.11. The molecule has 2 rings (SSSR count). The average Bonchev–Trinajstić information content (AvgIpc) is 2.32. The highest BCUT2D eigenvalue weighted by Gasteiger charge is 2.27. The lowest BCUT2D eigenvalue weighted by Crippen LogP contribution is -2.44. The second-order valence-corrected chi connectivity index (χ2v) is 6.51. The third kappa shape index (κ3) is 3.22. The van der Waals surface area contributed by atoms with E-state index in [0.717, 1.165) is 5.56 Å². The zero-order valence-electron chi connectivity index (χ0n) is 10.4. The Morgan fingerprint density at radius 3 is 2.67 bits per heavy atom. The molecule has 0 saturated carbocycles. The first kappa shape index (κ1) is 13.3. The number of benzene rings is 1. The summed E-state index contributed by atoms with van der Waals surface area (Å²) in [7, 11) is -3.27. The summed E-state index contributed by atoms with van der Waals surface area (Å²) < 4.78 is 31.3. The first-order chi connectivity index (χ1) is 8.47. The van der Waals surface area contributed by atoms with Crippen molar-refractivity contribution < 1.29 is 13.2 Å². The van der Waals surface area contributed by atoms with Crippen molar-refractivity contribution in [2.24, 2.45) is 0 Å². The molecule has 0 radical (unpaired) electrons. The summed E-state index contributed by atoms with van der Waals surface area (Å²) in [5, 5.41) is 0. The molecule has 5 nitrogen and oxygen atoms in total. The molecule has 1 saturated heterocycles. The molecule has 1 atom stereocenters. The maximum atomic E-state index is 12.2. The van der Waals surface area contributed by atoms with Crippen LogP contribution in [0.4, 0.5) is 5.69 Å². The quantitative estimate of drug-likeness (QED) is 0.825. The maximum Gasteiger partial charge on any atom is 0.218 e. The van der Waals surface area contributed by atoms with Gasteiger partial charge in [0.05, 0.1) is 18.5 Å². The van der Waals surface area contributed by atoms with Gasteiger partial charge in [-0.05, 0) is 24.6 Å². The van der Waals surface area contributed by atoms with Crippen molar-refractivity contribution in [1.82, 2.24) is 4.31 Å². The lowest BCUT2D eigenvalue weighted by molar-refractivity contribution is 0.0101. The van der Waals surface area contributed by atoms with Gasteiger partial charge in [0.15, 0.2) is 0 Å². The molecule has 1 aromatic carbocycles. The lowest BCUT2D eigenvalue weighted by atomic mass is 10.2. The van der Waals surface area contributed by atoms with Crippen LogP contribution >= 0.6 is 0 Å². The van der Waals surface area contributed by atoms with Crippen molar-refractivity contribution in [1.29, 1.82) is 0 Å². The monoisotopic (exact) mass is 270 g/mol. The molecule has 0 spiro atoms. The molecule has 18 heavy (non-hydrogen) atoms. The molecule has 100 valence electrons. The summed E-state index contributed by atoms with van der Waals surface area (Å²) in [6.07, 6.45) is -0.0417. The van der Waals surface area contributed by atoms with Crippen molar-refractivity contribution in [2.45, 2.75) is 18.8 Å². The van der Waals surface area contributed by atoms with E-state index >= 15 is 0 Å². The Morgan fingerprint density at radius 1 is 1.39 bits per heavy atom. The highest BCUT2D eigenvalue weighted by atomic mass is 32.2. The van der Waals surface area contributed by atoms with Crippen LogP contribution < -0.4 is 5.73 Å². The van der Waals surface area contributed by atoms with Crippen LogP contribution in [0.25, 0.3) is 0 Å². The normalized spacial score (nSPS) is 21.9. The first-order valence-corrected chi connectivity index (χ1v) is 7.52. The minimum Gasteiger partial charge on any atom is -0.399 e. The average molecular weight is 270 g/mol. The maximum absolute atomic E-state index is 12.2. The van der Waals surface area contributed by atoms with E-state index in [1.54, 1.807) is 24.3 Å². The standard InChI is InChI=1S/C12H18N2O3S/c1-10-8-14(6-7-17-10)18(15,16)9-11-2-4-12(13)5-3-11/h2-5,10H,6-9,13H2,1H3. The summed E-state index contributed by atoms with van der Waals surface area (Å²) in [5.41, 5.74) is 6.96. The van der Waals surface area contributed by atoms with Gasteiger partial charge in [0.25, 0.3) is 0 Å². The van der Waals surface area contributed by atoms with E-state index in [4.69, 9.17) is 10.5 Å². The number of sulfonamides is 1. The van der Waals surface area contributed by atoms with Crippen LogP contribution in [-0.4, -0.2) is 38.5 Å². The van der Waals surface area contributed by atoms with Gasteiger partial charge in [0.1, 0.15) is 0 Å². The second kappa shape index (κ2) is 5.26. The number of anilines is 1. The molecule has 1 aliphatic rings. The van der Waals surface area contributed by atoms with Gasteiger partial charge in [-0.2, -0.15) is 4.31 Å². The van der Waals surface area contributed by atoms with Gasteiger partial charge < -0.3 is 10.5 Å². The lowest BCUT2D eigenvalue weighted by Gasteiger charge is -2.30. The molecule has 0 bridgehead atoms. The third-order valence-electron chi connectivity index (χ3n) is 2.93. The molecule has 0 aromatic heterocycles. The molecular formula is C12H18N2O3S. The van der Waals surface area contributed by atoms with E-state index in [1.807, 2.05) is 6.92 Å². The highest BCUT2D eigenvalue weighted by Crippen LogP contribution is 2.15. The summed E-state index contributed by atoms with van der Waals surface area (Å²) >= 11 is 0. The van der Waals surface area contributed by atoms with Crippen LogP contribution in [-0.2, 0) is 20.5 Å². The second-order valence-electron chi connectivity index (χ2n) is 4.54. The van der Waals surface area contributed by atoms with E-state index in [2.05, 4.69) is 0 Å². The number of nitrogens with zero attached hydrogens (tertiary/aromatic N) is 1. The fraction of sp³-hybridized carbons (Fsp3) is 0.500. The Bertz CT molecular complexity index is 499. The predicted octanol–water partition coefficient (Wildman–Crippen LogP) is 0.819. The van der Waals surface area contributed by atoms with Crippen LogP contribution in [0.3, 0.4) is 0 Å². The first-order valence-electron chi connectivity index (χ1n) is 5.91. The van der Waals surface area contributed by atoms with Crippen molar-refractivity contribution in [3.63, 3.8) is 0 Å². The van der Waals surface area contributed by atoms with Gasteiger partial charge in [0.2, 0.25) is 10.0 Å². The summed E-state index contributed by atoms with van der Waals surface area (Å²) in [5.74, 6) is 0.0139. The summed E-state index contributed by atoms with van der Waals surface area (Å²) in [6, 6.07) is 6.92. The van der Waals surface area contributed by atoms with Crippen molar-refractivity contribution in [3.8, 4) is 0 Å². The topological polar surface area (TPSA) is 72.6 Å². The Morgan fingerprint density at radius 2 is 2.06 bits per heavy atom. The van der Waals surface area contributed by atoms with Crippen LogP contribution in [0.1, 0.15) is 12.5 Å². The van der Waals surface area contributed by atoms with Gasteiger partial charge in [-0.1, -0.05) is 12.1 Å². The number of rotatable bonds is 3. The molecule has 0 aliphatic carbocycles. The fourth-order valence-electron chi connectivity index (χ4n) is 1.95. The van der Waals surface area contributed by atoms with Crippen molar-refractivity contribution >= 4 is 15.7 Å². The number of ether oxygens (including phenoxy) is 1. The van der Waals surface area contributed by atoms with E-state index in [0.29, 0.717) is 25.4 Å². The Balaban J connectivity index is 2.09. The minimum absolute atomic E-state index is 0.0139. The largest absolute Gasteiger partial charge is 0.399 e. The van der Waals surface area contributed by atoms with Crippen molar-refractivity contribution in [3.05, 3.63) is 29.8 Å². The van der Waals surface area contributed by atoms with Gasteiger partial charge in [-0.25, -0.2) is 8.42 Å². The Labute approximate surface area is 108 Å². The zero-order valence-corrected chi connectivity index (χ0v) is 11.2. The van der Waals surface area contributed by atoms with Gasteiger partial charge >= 0.3 is 0 Å². The summed E-state index contributed by atoms with van der Waals surface area (Å²) in [4.78, 5) is 0. The molecule has 1 aromatic rings. The molecule has 2 N–H and O–H groups in total. The molecule has 0 amide bonds. The SMILES string of the molecule is CC1CN(S(=O)(=O)Cc2ccc(N)cc2)CCO1. The molecule has 1 unspecified atom stereocenters. The molecular weight excluding hydrogens is 252 g/mol. The third-order valence-corrected chi connectivity index (χ3v) is 4.74. The number of nitrogens with two attached hydrogens (primary N) is 1. The van der Waals surface area contributed by atoms with Gasteiger partial charge in [0, 0.05) is 18.8 Å². The fourth-order valence-corrected chi connectivity index (χ4v) is 3.54. The van der Waals surface area contributed by atoms with E-state index in [9.17, 15) is 8.42 Å². The zero-order chi connectivity index (χ0) is 13.2. The number of hydrogen-bond donors (Lipinski definition) is 1. The number of hydrogen-bond acceptors (Lipinski definition) is 4. The van der Waals surface area contributed by atoms with E-state index in [1.165, 1.54) is 4.31 Å². The van der Waals surface area contributed by atoms with Crippen LogP contribution in [0.15, 0.2) is 24.3 Å². The molecule has 1 fully saturated rings. The Kier molecular flexibility index (Phi) is 3.89. The van der Waals surface area contributed by atoms with Crippen LogP contribution in [0.5, 0.6) is 0 Å². The summed E-state index contributed by atoms with van der Waals surface area (Å²) in [6.45, 7) is 3.20. The highest BCUT2D eigenvalue weighted by molar-refractivity contribution is 7.88. The molecule has 6 heteroatoms. The van der Waals surface area contributed by atoms with E-state index < -0.39 is 10.0 Å². The van der Waals surface area contributed by atoms with Gasteiger partial charge in [-0.15, -0.1) is 0 Å². The van der Waals surface area contributed by atoms with Crippen molar-refractivity contribution in [2.75, 3.05) is 25.4 Å². The number of morpholine rings is 1. The predicted molar refractivity (Wildman–Crippen MR) is 70.5 cm³/mol. The van der Waals surface area contributed by atoms with Crippen LogP contribution in [0, 0.1) is 0 Å².